The lowest BCUT2D eigenvalue weighted by atomic mass is 9.71. The Morgan fingerprint density at radius 2 is 2.00 bits per heavy atom. The number of carboxylic acid groups (broad SMARTS) is 1. The molecule has 0 aromatic carbocycles. The zero-order chi connectivity index (χ0) is 12.5. The van der Waals surface area contributed by atoms with Gasteiger partial charge < -0.3 is 10.0 Å². The fourth-order valence-corrected chi connectivity index (χ4v) is 3.41. The van der Waals surface area contributed by atoms with Gasteiger partial charge in [-0.1, -0.05) is 26.7 Å². The third-order valence-corrected chi connectivity index (χ3v) is 4.87. The van der Waals surface area contributed by atoms with Gasteiger partial charge in [-0.05, 0) is 37.1 Å². The lowest BCUT2D eigenvalue weighted by molar-refractivity contribution is -0.140. The number of aliphatic carboxylic acids is 1. The Morgan fingerprint density at radius 3 is 2.59 bits per heavy atom. The van der Waals surface area contributed by atoms with Crippen LogP contribution in [-0.2, 0) is 4.79 Å². The summed E-state index contributed by atoms with van der Waals surface area (Å²) in [7, 11) is 0. The van der Waals surface area contributed by atoms with E-state index in [2.05, 4.69) is 18.7 Å². The summed E-state index contributed by atoms with van der Waals surface area (Å²) in [6.45, 7) is 6.61. The van der Waals surface area contributed by atoms with Crippen LogP contribution in [0.25, 0.3) is 0 Å². The Balaban J connectivity index is 1.98. The third kappa shape index (κ3) is 3.01. The molecule has 1 N–H and O–H groups in total. The van der Waals surface area contributed by atoms with Crippen LogP contribution < -0.4 is 0 Å². The number of nitrogens with zero attached hydrogens (tertiary/aromatic N) is 1. The summed E-state index contributed by atoms with van der Waals surface area (Å²) in [4.78, 5) is 13.5. The minimum atomic E-state index is -0.642. The van der Waals surface area contributed by atoms with Crippen LogP contribution >= 0.6 is 0 Å². The molecule has 0 amide bonds. The van der Waals surface area contributed by atoms with Crippen molar-refractivity contribution < 1.29 is 9.90 Å². The highest BCUT2D eigenvalue weighted by Crippen LogP contribution is 2.39. The Morgan fingerprint density at radius 1 is 1.35 bits per heavy atom. The van der Waals surface area contributed by atoms with Gasteiger partial charge in [-0.15, -0.1) is 0 Å². The Hall–Kier alpha value is -0.570. The van der Waals surface area contributed by atoms with Crippen LogP contribution in [0, 0.1) is 11.3 Å². The summed E-state index contributed by atoms with van der Waals surface area (Å²) in [5.74, 6) is -0.328. The minimum absolute atomic E-state index is 0.188. The molecule has 3 nitrogen and oxygen atoms in total. The molecule has 0 radical (unpaired) electrons. The number of rotatable bonds is 3. The number of hydrogen-bond donors (Lipinski definition) is 1. The Bertz CT molecular complexity index is 282. The van der Waals surface area contributed by atoms with Gasteiger partial charge in [-0.2, -0.15) is 0 Å². The normalized spacial score (nSPS) is 30.6. The summed E-state index contributed by atoms with van der Waals surface area (Å²) in [5, 5.41) is 9.03. The van der Waals surface area contributed by atoms with Crippen molar-refractivity contribution in [2.75, 3.05) is 13.1 Å². The largest absolute Gasteiger partial charge is 0.481 e. The Labute approximate surface area is 104 Å². The van der Waals surface area contributed by atoms with Gasteiger partial charge in [0.25, 0.3) is 0 Å². The van der Waals surface area contributed by atoms with E-state index in [9.17, 15) is 4.79 Å². The Kier molecular flexibility index (Phi) is 3.76. The highest BCUT2D eigenvalue weighted by atomic mass is 16.4. The molecule has 1 aliphatic carbocycles. The number of likely N-dealkylation sites (tertiary alicyclic amines) is 1. The summed E-state index contributed by atoms with van der Waals surface area (Å²) >= 11 is 0. The first-order valence-electron chi connectivity index (χ1n) is 6.95. The van der Waals surface area contributed by atoms with Gasteiger partial charge in [0, 0.05) is 19.0 Å². The number of hydrogen-bond acceptors (Lipinski definition) is 2. The molecule has 1 saturated carbocycles. The molecule has 2 fully saturated rings. The van der Waals surface area contributed by atoms with E-state index >= 15 is 0 Å². The predicted octanol–water partition coefficient (Wildman–Crippen LogP) is 2.75. The molecule has 1 aliphatic heterocycles. The summed E-state index contributed by atoms with van der Waals surface area (Å²) < 4.78 is 0. The van der Waals surface area contributed by atoms with Crippen LogP contribution in [0.1, 0.15) is 52.4 Å². The van der Waals surface area contributed by atoms with Gasteiger partial charge in [-0.25, -0.2) is 0 Å². The highest BCUT2D eigenvalue weighted by molar-refractivity contribution is 5.67. The van der Waals surface area contributed by atoms with Crippen LogP contribution in [0.15, 0.2) is 0 Å². The maximum Gasteiger partial charge on any atom is 0.303 e. The fourth-order valence-electron chi connectivity index (χ4n) is 3.41. The lowest BCUT2D eigenvalue weighted by Gasteiger charge is -2.45. The van der Waals surface area contributed by atoms with Crippen molar-refractivity contribution in [2.45, 2.75) is 58.4 Å². The van der Waals surface area contributed by atoms with Gasteiger partial charge >= 0.3 is 5.97 Å². The van der Waals surface area contributed by atoms with Gasteiger partial charge in [0.2, 0.25) is 0 Å². The lowest BCUT2D eigenvalue weighted by Crippen LogP contribution is -2.48. The summed E-state index contributed by atoms with van der Waals surface area (Å²) in [6, 6.07) is 0.738. The van der Waals surface area contributed by atoms with E-state index in [-0.39, 0.29) is 5.41 Å². The summed E-state index contributed by atoms with van der Waals surface area (Å²) in [5.41, 5.74) is 0.188. The van der Waals surface area contributed by atoms with Crippen LogP contribution in [0.2, 0.25) is 0 Å². The average molecular weight is 239 g/mol. The van der Waals surface area contributed by atoms with E-state index in [0.717, 1.165) is 25.6 Å². The molecule has 0 aromatic heterocycles. The molecule has 2 aliphatic rings. The number of carboxylic acids is 1. The summed E-state index contributed by atoms with van der Waals surface area (Å²) in [6.07, 6.45) is 6.82. The smallest absolute Gasteiger partial charge is 0.303 e. The van der Waals surface area contributed by atoms with E-state index < -0.39 is 5.97 Å². The molecular weight excluding hydrogens is 214 g/mol. The first kappa shape index (κ1) is 12.9. The van der Waals surface area contributed by atoms with Crippen molar-refractivity contribution in [3.63, 3.8) is 0 Å². The third-order valence-electron chi connectivity index (χ3n) is 4.87. The molecule has 3 heteroatoms. The molecule has 0 bridgehead atoms. The van der Waals surface area contributed by atoms with Crippen LogP contribution in [0.5, 0.6) is 0 Å². The molecule has 98 valence electrons. The standard InChI is InChI=1S/C14H25NO2/c1-14(2)7-8-15(12-5-3-4-6-12)10-11(14)9-13(16)17/h11-12H,3-10H2,1-2H3,(H,16,17). The zero-order valence-electron chi connectivity index (χ0n) is 11.1. The molecule has 1 saturated heterocycles. The number of piperidine rings is 1. The van der Waals surface area contributed by atoms with Crippen molar-refractivity contribution >= 4 is 5.97 Å². The van der Waals surface area contributed by atoms with Gasteiger partial charge in [0.15, 0.2) is 0 Å². The van der Waals surface area contributed by atoms with Crippen molar-refractivity contribution in [1.29, 1.82) is 0 Å². The van der Waals surface area contributed by atoms with Crippen LogP contribution in [0.4, 0.5) is 0 Å². The average Bonchev–Trinajstić information content (AvgIpc) is 2.73. The molecule has 1 heterocycles. The second-order valence-electron chi connectivity index (χ2n) is 6.47. The number of carbonyl (C=O) groups is 1. The van der Waals surface area contributed by atoms with Crippen LogP contribution in [-0.4, -0.2) is 35.1 Å². The van der Waals surface area contributed by atoms with Crippen molar-refractivity contribution in [2.24, 2.45) is 11.3 Å². The van der Waals surface area contributed by atoms with Crippen molar-refractivity contribution in [3.05, 3.63) is 0 Å². The van der Waals surface area contributed by atoms with E-state index in [4.69, 9.17) is 5.11 Å². The van der Waals surface area contributed by atoms with E-state index in [1.165, 1.54) is 25.7 Å². The van der Waals surface area contributed by atoms with E-state index in [1.807, 2.05) is 0 Å². The van der Waals surface area contributed by atoms with Gasteiger partial charge in [0.1, 0.15) is 0 Å². The van der Waals surface area contributed by atoms with E-state index in [1.54, 1.807) is 0 Å². The monoisotopic (exact) mass is 239 g/mol. The molecule has 1 atom stereocenters. The molecule has 0 aromatic rings. The minimum Gasteiger partial charge on any atom is -0.481 e. The van der Waals surface area contributed by atoms with E-state index in [0.29, 0.717) is 12.3 Å². The van der Waals surface area contributed by atoms with Gasteiger partial charge in [0.05, 0.1) is 0 Å². The predicted molar refractivity (Wildman–Crippen MR) is 68.0 cm³/mol. The molecular formula is C14H25NO2. The molecule has 0 spiro atoms. The molecule has 17 heavy (non-hydrogen) atoms. The molecule has 1 unspecified atom stereocenters. The SMILES string of the molecule is CC1(C)CCN(C2CCCC2)CC1CC(=O)O. The first-order valence-corrected chi connectivity index (χ1v) is 6.95. The van der Waals surface area contributed by atoms with Crippen LogP contribution in [0.3, 0.4) is 0 Å². The maximum absolute atomic E-state index is 11.0. The second kappa shape index (κ2) is 4.97. The first-order chi connectivity index (χ1) is 7.99. The second-order valence-corrected chi connectivity index (χ2v) is 6.47. The van der Waals surface area contributed by atoms with Gasteiger partial charge in [-0.3, -0.25) is 4.79 Å². The van der Waals surface area contributed by atoms with Crippen molar-refractivity contribution in [3.8, 4) is 0 Å². The highest BCUT2D eigenvalue weighted by Gasteiger charge is 2.38. The quantitative estimate of drug-likeness (QED) is 0.823. The van der Waals surface area contributed by atoms with Crippen molar-refractivity contribution in [1.82, 2.24) is 4.90 Å². The fraction of sp³-hybridized carbons (Fsp3) is 0.929. The maximum atomic E-state index is 11.0. The zero-order valence-corrected chi connectivity index (χ0v) is 11.1. The molecule has 2 rings (SSSR count). The topological polar surface area (TPSA) is 40.5 Å².